The van der Waals surface area contributed by atoms with E-state index in [1.165, 1.54) is 12.1 Å². The first-order valence-corrected chi connectivity index (χ1v) is 7.50. The van der Waals surface area contributed by atoms with Crippen LogP contribution in [-0.4, -0.2) is 33.9 Å². The van der Waals surface area contributed by atoms with Crippen LogP contribution in [-0.2, 0) is 11.3 Å². The Morgan fingerprint density at radius 3 is 2.71 bits per heavy atom. The third-order valence-electron chi connectivity index (χ3n) is 3.61. The number of ether oxygens (including phenoxy) is 1. The van der Waals surface area contributed by atoms with Gasteiger partial charge in [0.15, 0.2) is 5.82 Å². The molecule has 2 aromatic carbocycles. The molecule has 0 saturated carbocycles. The Hall–Kier alpha value is -2.67. The van der Waals surface area contributed by atoms with Gasteiger partial charge in [-0.3, -0.25) is 0 Å². The van der Waals surface area contributed by atoms with Crippen molar-refractivity contribution >= 4 is 0 Å². The van der Waals surface area contributed by atoms with E-state index in [1.807, 2.05) is 6.07 Å². The van der Waals surface area contributed by atoms with Gasteiger partial charge in [-0.2, -0.15) is 0 Å². The topological polar surface area (TPSA) is 52.8 Å². The summed E-state index contributed by atoms with van der Waals surface area (Å²) in [5.74, 6) is -0.614. The molecule has 0 aliphatic rings. The molecule has 0 bridgehead atoms. The molecular weight excluding hydrogens is 314 g/mol. The van der Waals surface area contributed by atoms with Crippen molar-refractivity contribution < 1.29 is 13.5 Å². The lowest BCUT2D eigenvalue weighted by Crippen LogP contribution is -2.05. The number of rotatable bonds is 6. The molecule has 0 radical (unpaired) electrons. The second-order valence-electron chi connectivity index (χ2n) is 5.28. The van der Waals surface area contributed by atoms with E-state index < -0.39 is 11.6 Å². The van der Waals surface area contributed by atoms with Gasteiger partial charge in [-0.25, -0.2) is 13.5 Å². The van der Waals surface area contributed by atoms with Crippen LogP contribution in [0.1, 0.15) is 6.42 Å². The fourth-order valence-corrected chi connectivity index (χ4v) is 2.47. The molecule has 1 heterocycles. The molecular formula is C17H16F2N4O. The van der Waals surface area contributed by atoms with Crippen molar-refractivity contribution in [1.82, 2.24) is 20.2 Å². The summed E-state index contributed by atoms with van der Waals surface area (Å²) in [6.45, 7) is 1.23. The molecule has 0 N–H and O–H groups in total. The fourth-order valence-electron chi connectivity index (χ4n) is 2.47. The van der Waals surface area contributed by atoms with Gasteiger partial charge in [0.2, 0.25) is 0 Å². The van der Waals surface area contributed by atoms with Crippen molar-refractivity contribution in [2.24, 2.45) is 0 Å². The van der Waals surface area contributed by atoms with Gasteiger partial charge in [0.05, 0.1) is 0 Å². The summed E-state index contributed by atoms with van der Waals surface area (Å²) in [4.78, 5) is 0. The Morgan fingerprint density at radius 2 is 1.92 bits per heavy atom. The molecule has 0 saturated heterocycles. The SMILES string of the molecule is COCCCn1nnnc1-c1cccc(-c2ccc(F)cc2F)c1. The Bertz CT molecular complexity index is 835. The molecule has 124 valence electrons. The Labute approximate surface area is 137 Å². The summed E-state index contributed by atoms with van der Waals surface area (Å²) in [5, 5.41) is 11.7. The Morgan fingerprint density at radius 1 is 1.08 bits per heavy atom. The lowest BCUT2D eigenvalue weighted by atomic mass is 10.0. The van der Waals surface area contributed by atoms with Crippen molar-refractivity contribution in [1.29, 1.82) is 0 Å². The quantitative estimate of drug-likeness (QED) is 0.651. The highest BCUT2D eigenvalue weighted by molar-refractivity contribution is 5.70. The van der Waals surface area contributed by atoms with E-state index in [9.17, 15) is 8.78 Å². The van der Waals surface area contributed by atoms with Crippen molar-refractivity contribution in [3.63, 3.8) is 0 Å². The van der Waals surface area contributed by atoms with Gasteiger partial charge in [-0.15, -0.1) is 5.10 Å². The minimum atomic E-state index is -0.605. The maximum Gasteiger partial charge on any atom is 0.182 e. The Kier molecular flexibility index (Phi) is 4.90. The maximum atomic E-state index is 14.0. The van der Waals surface area contributed by atoms with Gasteiger partial charge in [0.1, 0.15) is 11.6 Å². The fraction of sp³-hybridized carbons (Fsp3) is 0.235. The first-order valence-electron chi connectivity index (χ1n) is 7.50. The Balaban J connectivity index is 1.93. The molecule has 0 aliphatic heterocycles. The number of aromatic nitrogens is 4. The second kappa shape index (κ2) is 7.27. The number of hydrogen-bond donors (Lipinski definition) is 0. The van der Waals surface area contributed by atoms with Crippen molar-refractivity contribution in [2.45, 2.75) is 13.0 Å². The summed E-state index contributed by atoms with van der Waals surface area (Å²) in [7, 11) is 1.64. The van der Waals surface area contributed by atoms with Crippen LogP contribution in [0.4, 0.5) is 8.78 Å². The largest absolute Gasteiger partial charge is 0.385 e. The highest BCUT2D eigenvalue weighted by Crippen LogP contribution is 2.27. The molecule has 0 atom stereocenters. The first kappa shape index (κ1) is 16.2. The van der Waals surface area contributed by atoms with Crippen molar-refractivity contribution in [2.75, 3.05) is 13.7 Å². The predicted octanol–water partition coefficient (Wildman–Crippen LogP) is 3.32. The molecule has 0 fully saturated rings. The summed E-state index contributed by atoms with van der Waals surface area (Å²) in [5.41, 5.74) is 1.73. The van der Waals surface area contributed by atoms with Crippen LogP contribution in [0.25, 0.3) is 22.5 Å². The normalized spacial score (nSPS) is 11.0. The van der Waals surface area contributed by atoms with Crippen LogP contribution in [0, 0.1) is 11.6 Å². The number of tetrazole rings is 1. The van der Waals surface area contributed by atoms with E-state index >= 15 is 0 Å². The average Bonchev–Trinajstić information content (AvgIpc) is 3.04. The molecule has 0 aliphatic carbocycles. The van der Waals surface area contributed by atoms with E-state index in [4.69, 9.17) is 4.74 Å². The second-order valence-corrected chi connectivity index (χ2v) is 5.28. The van der Waals surface area contributed by atoms with Crippen LogP contribution in [0.5, 0.6) is 0 Å². The molecule has 1 aromatic heterocycles. The van der Waals surface area contributed by atoms with Gasteiger partial charge >= 0.3 is 0 Å². The molecule has 5 nitrogen and oxygen atoms in total. The van der Waals surface area contributed by atoms with Crippen molar-refractivity contribution in [3.05, 3.63) is 54.1 Å². The lowest BCUT2D eigenvalue weighted by Gasteiger charge is -2.07. The monoisotopic (exact) mass is 330 g/mol. The molecule has 24 heavy (non-hydrogen) atoms. The number of benzene rings is 2. The summed E-state index contributed by atoms with van der Waals surface area (Å²) in [6.07, 6.45) is 0.779. The molecule has 3 rings (SSSR count). The van der Waals surface area contributed by atoms with E-state index in [0.29, 0.717) is 30.1 Å². The zero-order chi connectivity index (χ0) is 16.9. The van der Waals surface area contributed by atoms with Gasteiger partial charge in [0.25, 0.3) is 0 Å². The molecule has 3 aromatic rings. The van der Waals surface area contributed by atoms with Crippen LogP contribution in [0.3, 0.4) is 0 Å². The molecule has 0 spiro atoms. The van der Waals surface area contributed by atoms with Gasteiger partial charge in [-0.1, -0.05) is 18.2 Å². The molecule has 0 unspecified atom stereocenters. The van der Waals surface area contributed by atoms with Gasteiger partial charge in [0, 0.05) is 37.5 Å². The zero-order valence-corrected chi connectivity index (χ0v) is 13.1. The highest BCUT2D eigenvalue weighted by Gasteiger charge is 2.12. The van der Waals surface area contributed by atoms with E-state index in [-0.39, 0.29) is 0 Å². The number of aryl methyl sites for hydroxylation is 1. The first-order chi connectivity index (χ1) is 11.7. The highest BCUT2D eigenvalue weighted by atomic mass is 19.1. The lowest BCUT2D eigenvalue weighted by molar-refractivity contribution is 0.189. The summed E-state index contributed by atoms with van der Waals surface area (Å²) < 4.78 is 33.8. The molecule has 0 amide bonds. The van der Waals surface area contributed by atoms with Gasteiger partial charge in [-0.05, 0) is 40.6 Å². The van der Waals surface area contributed by atoms with Gasteiger partial charge < -0.3 is 4.74 Å². The number of nitrogens with zero attached hydrogens (tertiary/aromatic N) is 4. The van der Waals surface area contributed by atoms with Crippen LogP contribution < -0.4 is 0 Å². The van der Waals surface area contributed by atoms with Crippen LogP contribution in [0.2, 0.25) is 0 Å². The number of halogens is 2. The zero-order valence-electron chi connectivity index (χ0n) is 13.1. The summed E-state index contributed by atoms with van der Waals surface area (Å²) in [6, 6.07) is 10.7. The van der Waals surface area contributed by atoms with E-state index in [1.54, 1.807) is 30.0 Å². The van der Waals surface area contributed by atoms with Crippen LogP contribution in [0.15, 0.2) is 42.5 Å². The third kappa shape index (κ3) is 3.46. The van der Waals surface area contributed by atoms with Crippen molar-refractivity contribution in [3.8, 4) is 22.5 Å². The van der Waals surface area contributed by atoms with E-state index in [0.717, 1.165) is 18.1 Å². The standard InChI is InChI=1S/C17H16F2N4O/c1-24-9-3-8-23-17(20-21-22-23)13-5-2-4-12(10-13)15-7-6-14(18)11-16(15)19/h2,4-7,10-11H,3,8-9H2,1H3. The van der Waals surface area contributed by atoms with Crippen LogP contribution >= 0.6 is 0 Å². The molecule has 7 heteroatoms. The minimum absolute atomic E-state index is 0.330. The number of methoxy groups -OCH3 is 1. The van der Waals surface area contributed by atoms with E-state index in [2.05, 4.69) is 15.5 Å². The third-order valence-corrected chi connectivity index (χ3v) is 3.61. The summed E-state index contributed by atoms with van der Waals surface area (Å²) >= 11 is 0. The smallest absolute Gasteiger partial charge is 0.182 e. The predicted molar refractivity (Wildman–Crippen MR) is 85.1 cm³/mol. The maximum absolute atomic E-state index is 14.0. The average molecular weight is 330 g/mol. The minimum Gasteiger partial charge on any atom is -0.385 e. The number of hydrogen-bond acceptors (Lipinski definition) is 4.